The van der Waals surface area contributed by atoms with Crippen LogP contribution >= 0.6 is 0 Å². The topological polar surface area (TPSA) is 42.2 Å². The zero-order valence-corrected chi connectivity index (χ0v) is 10.9. The first-order valence-corrected chi connectivity index (χ1v) is 6.11. The largest absolute Gasteiger partial charge is 0.355 e. The summed E-state index contributed by atoms with van der Waals surface area (Å²) in [6, 6.07) is 12.5. The van der Waals surface area contributed by atoms with Gasteiger partial charge in [-0.3, -0.25) is 0 Å². The van der Waals surface area contributed by atoms with Crippen LogP contribution in [0.2, 0.25) is 0 Å². The molecule has 0 amide bonds. The van der Waals surface area contributed by atoms with Gasteiger partial charge in [0, 0.05) is 31.9 Å². The fourth-order valence-corrected chi connectivity index (χ4v) is 2.09. The van der Waals surface area contributed by atoms with E-state index >= 15 is 0 Å². The maximum absolute atomic E-state index is 5.74. The number of nitrogens with zero attached hydrogens (tertiary/aromatic N) is 2. The fraction of sp³-hybridized carbons (Fsp3) is 0.267. The van der Waals surface area contributed by atoms with Crippen molar-refractivity contribution >= 4 is 5.82 Å². The zero-order chi connectivity index (χ0) is 13.0. The van der Waals surface area contributed by atoms with E-state index < -0.39 is 0 Å². The van der Waals surface area contributed by atoms with E-state index in [0.717, 1.165) is 17.9 Å². The first-order valence-electron chi connectivity index (χ1n) is 6.11. The molecular weight excluding hydrogens is 222 g/mol. The maximum Gasteiger partial charge on any atom is 0.133 e. The number of aromatic nitrogens is 1. The molecule has 0 aliphatic carbocycles. The standard InChI is InChI=1S/C15H19N3/c1-12-5-3-6-13(9-12)11-18(2)15-14(10-16)7-4-8-17-15/h3-9H,10-11,16H2,1-2H3. The minimum atomic E-state index is 0.515. The lowest BCUT2D eigenvalue weighted by Crippen LogP contribution is -2.20. The van der Waals surface area contributed by atoms with Gasteiger partial charge in [0.05, 0.1) is 0 Å². The van der Waals surface area contributed by atoms with Crippen LogP contribution in [0, 0.1) is 6.92 Å². The third-order valence-corrected chi connectivity index (χ3v) is 2.95. The Kier molecular flexibility index (Phi) is 3.95. The van der Waals surface area contributed by atoms with E-state index in [1.54, 1.807) is 6.20 Å². The van der Waals surface area contributed by atoms with Gasteiger partial charge in [0.15, 0.2) is 0 Å². The summed E-state index contributed by atoms with van der Waals surface area (Å²) >= 11 is 0. The Balaban J connectivity index is 2.19. The minimum absolute atomic E-state index is 0.515. The Morgan fingerprint density at radius 1 is 1.22 bits per heavy atom. The Morgan fingerprint density at radius 3 is 2.78 bits per heavy atom. The van der Waals surface area contributed by atoms with E-state index in [2.05, 4.69) is 41.1 Å². The third kappa shape index (κ3) is 2.87. The van der Waals surface area contributed by atoms with Crippen LogP contribution in [0.5, 0.6) is 0 Å². The SMILES string of the molecule is Cc1cccc(CN(C)c2ncccc2CN)c1. The van der Waals surface area contributed by atoms with Crippen molar-refractivity contribution in [3.63, 3.8) is 0 Å². The van der Waals surface area contributed by atoms with Crippen LogP contribution in [-0.4, -0.2) is 12.0 Å². The zero-order valence-electron chi connectivity index (χ0n) is 10.9. The van der Waals surface area contributed by atoms with E-state index in [-0.39, 0.29) is 0 Å². The van der Waals surface area contributed by atoms with Crippen LogP contribution in [0.4, 0.5) is 5.82 Å². The van der Waals surface area contributed by atoms with E-state index in [4.69, 9.17) is 5.73 Å². The lowest BCUT2D eigenvalue weighted by Gasteiger charge is -2.21. The lowest BCUT2D eigenvalue weighted by atomic mass is 10.1. The highest BCUT2D eigenvalue weighted by Gasteiger charge is 2.07. The minimum Gasteiger partial charge on any atom is -0.355 e. The first-order chi connectivity index (χ1) is 8.70. The van der Waals surface area contributed by atoms with Crippen molar-refractivity contribution in [2.75, 3.05) is 11.9 Å². The number of hydrogen-bond acceptors (Lipinski definition) is 3. The molecule has 0 saturated heterocycles. The van der Waals surface area contributed by atoms with Crippen molar-refractivity contribution in [2.24, 2.45) is 5.73 Å². The van der Waals surface area contributed by atoms with E-state index in [1.807, 2.05) is 19.2 Å². The average Bonchev–Trinajstić information content (AvgIpc) is 2.38. The fourth-order valence-electron chi connectivity index (χ4n) is 2.09. The molecule has 0 fully saturated rings. The number of benzene rings is 1. The van der Waals surface area contributed by atoms with E-state index in [0.29, 0.717) is 6.54 Å². The van der Waals surface area contributed by atoms with Gasteiger partial charge in [0.2, 0.25) is 0 Å². The molecule has 2 rings (SSSR count). The van der Waals surface area contributed by atoms with Gasteiger partial charge in [-0.05, 0) is 18.6 Å². The average molecular weight is 241 g/mol. The van der Waals surface area contributed by atoms with Crippen LogP contribution in [0.1, 0.15) is 16.7 Å². The van der Waals surface area contributed by atoms with Crippen molar-refractivity contribution in [2.45, 2.75) is 20.0 Å². The summed E-state index contributed by atoms with van der Waals surface area (Å²) in [6.07, 6.45) is 1.81. The summed E-state index contributed by atoms with van der Waals surface area (Å²) in [4.78, 5) is 6.55. The molecule has 0 radical (unpaired) electrons. The Morgan fingerprint density at radius 2 is 2.06 bits per heavy atom. The van der Waals surface area contributed by atoms with Crippen LogP contribution in [0.3, 0.4) is 0 Å². The van der Waals surface area contributed by atoms with Gasteiger partial charge in [0.25, 0.3) is 0 Å². The molecule has 1 aromatic carbocycles. The van der Waals surface area contributed by atoms with Crippen LogP contribution < -0.4 is 10.6 Å². The van der Waals surface area contributed by atoms with Gasteiger partial charge in [-0.15, -0.1) is 0 Å². The molecule has 0 bridgehead atoms. The van der Waals surface area contributed by atoms with Crippen molar-refractivity contribution in [1.29, 1.82) is 0 Å². The maximum atomic E-state index is 5.74. The highest BCUT2D eigenvalue weighted by Crippen LogP contribution is 2.17. The van der Waals surface area contributed by atoms with Crippen molar-refractivity contribution in [1.82, 2.24) is 4.98 Å². The Bertz CT molecular complexity index is 523. The Labute approximate surface area is 108 Å². The second kappa shape index (κ2) is 5.65. The molecule has 2 N–H and O–H groups in total. The molecule has 94 valence electrons. The molecule has 0 atom stereocenters. The quantitative estimate of drug-likeness (QED) is 0.894. The van der Waals surface area contributed by atoms with Crippen LogP contribution in [0.25, 0.3) is 0 Å². The van der Waals surface area contributed by atoms with Gasteiger partial charge in [-0.2, -0.15) is 0 Å². The lowest BCUT2D eigenvalue weighted by molar-refractivity contribution is 0.875. The molecule has 1 aromatic heterocycles. The number of pyridine rings is 1. The molecule has 0 aliphatic heterocycles. The Hall–Kier alpha value is -1.87. The molecule has 0 spiro atoms. The molecule has 1 heterocycles. The molecular formula is C15H19N3. The number of rotatable bonds is 4. The highest BCUT2D eigenvalue weighted by molar-refractivity contribution is 5.46. The monoisotopic (exact) mass is 241 g/mol. The van der Waals surface area contributed by atoms with E-state index in [1.165, 1.54) is 11.1 Å². The number of aryl methyl sites for hydroxylation is 1. The van der Waals surface area contributed by atoms with Crippen molar-refractivity contribution in [3.8, 4) is 0 Å². The summed E-state index contributed by atoms with van der Waals surface area (Å²) < 4.78 is 0. The molecule has 3 heteroatoms. The normalized spacial score (nSPS) is 10.4. The summed E-state index contributed by atoms with van der Waals surface area (Å²) in [5.74, 6) is 0.960. The predicted molar refractivity (Wildman–Crippen MR) is 75.4 cm³/mol. The van der Waals surface area contributed by atoms with Crippen LogP contribution in [0.15, 0.2) is 42.6 Å². The number of nitrogens with two attached hydrogens (primary N) is 1. The predicted octanol–water partition coefficient (Wildman–Crippen LogP) is 2.49. The highest BCUT2D eigenvalue weighted by atomic mass is 15.2. The van der Waals surface area contributed by atoms with Crippen molar-refractivity contribution in [3.05, 3.63) is 59.3 Å². The summed E-state index contributed by atoms with van der Waals surface area (Å²) in [5, 5.41) is 0. The van der Waals surface area contributed by atoms with Gasteiger partial charge in [0.1, 0.15) is 5.82 Å². The third-order valence-electron chi connectivity index (χ3n) is 2.95. The molecule has 18 heavy (non-hydrogen) atoms. The molecule has 0 aliphatic rings. The number of hydrogen-bond donors (Lipinski definition) is 1. The van der Waals surface area contributed by atoms with Gasteiger partial charge < -0.3 is 10.6 Å². The van der Waals surface area contributed by atoms with Gasteiger partial charge in [-0.1, -0.05) is 35.9 Å². The first kappa shape index (κ1) is 12.6. The molecule has 3 nitrogen and oxygen atoms in total. The van der Waals surface area contributed by atoms with Crippen molar-refractivity contribution < 1.29 is 0 Å². The summed E-state index contributed by atoms with van der Waals surface area (Å²) in [5.41, 5.74) is 9.38. The van der Waals surface area contributed by atoms with Gasteiger partial charge >= 0.3 is 0 Å². The number of anilines is 1. The second-order valence-corrected chi connectivity index (χ2v) is 4.54. The van der Waals surface area contributed by atoms with Gasteiger partial charge in [-0.25, -0.2) is 4.98 Å². The summed E-state index contributed by atoms with van der Waals surface area (Å²) in [6.45, 7) is 3.46. The molecule has 2 aromatic rings. The smallest absolute Gasteiger partial charge is 0.133 e. The van der Waals surface area contributed by atoms with E-state index in [9.17, 15) is 0 Å². The molecule has 0 saturated carbocycles. The summed E-state index contributed by atoms with van der Waals surface area (Å²) in [7, 11) is 2.05. The molecule has 0 unspecified atom stereocenters. The van der Waals surface area contributed by atoms with Crippen LogP contribution in [-0.2, 0) is 13.1 Å². The second-order valence-electron chi connectivity index (χ2n) is 4.54.